The monoisotopic (exact) mass is 350 g/mol. The molecule has 25 heavy (non-hydrogen) atoms. The van der Waals surface area contributed by atoms with Gasteiger partial charge >= 0.3 is 0 Å². The van der Waals surface area contributed by atoms with Crippen molar-refractivity contribution in [1.82, 2.24) is 19.9 Å². The van der Waals surface area contributed by atoms with Crippen LogP contribution in [-0.2, 0) is 4.74 Å². The summed E-state index contributed by atoms with van der Waals surface area (Å²) in [4.78, 5) is 22.2. The van der Waals surface area contributed by atoms with Gasteiger partial charge in [-0.05, 0) is 13.8 Å². The molecule has 2 aliphatic rings. The highest BCUT2D eigenvalue weighted by Crippen LogP contribution is 2.32. The summed E-state index contributed by atoms with van der Waals surface area (Å²) in [6.07, 6.45) is -2.31. The van der Waals surface area contributed by atoms with E-state index in [0.717, 1.165) is 11.4 Å². The smallest absolute Gasteiger partial charge is 0.244 e. The normalized spacial score (nSPS) is 18.9. The maximum Gasteiger partial charge on any atom is 0.244 e. The van der Waals surface area contributed by atoms with Crippen LogP contribution < -0.4 is 9.80 Å². The van der Waals surface area contributed by atoms with Crippen molar-refractivity contribution in [3.05, 3.63) is 11.4 Å². The molecule has 2 fully saturated rings. The Kier molecular flexibility index (Phi) is 4.10. The molecule has 0 bridgehead atoms. The molecule has 0 atom stereocenters. The Morgan fingerprint density at radius 1 is 0.960 bits per heavy atom. The molecular weight excluding hydrogens is 330 g/mol. The largest absolute Gasteiger partial charge is 0.378 e. The van der Waals surface area contributed by atoms with Gasteiger partial charge in [-0.25, -0.2) is 18.7 Å². The highest BCUT2D eigenvalue weighted by molar-refractivity contribution is 5.85. The highest BCUT2D eigenvalue weighted by Gasteiger charge is 2.36. The zero-order chi connectivity index (χ0) is 17.6. The molecular formula is C16H20F2N6O. The first-order chi connectivity index (χ1) is 12.0. The number of rotatable bonds is 3. The number of anilines is 2. The van der Waals surface area contributed by atoms with Gasteiger partial charge in [-0.3, -0.25) is 0 Å². The predicted molar refractivity (Wildman–Crippen MR) is 89.3 cm³/mol. The zero-order valence-corrected chi connectivity index (χ0v) is 14.2. The molecule has 2 aromatic rings. The molecule has 2 saturated heterocycles. The Balaban J connectivity index is 1.76. The third-order valence-electron chi connectivity index (χ3n) is 4.77. The van der Waals surface area contributed by atoms with Crippen LogP contribution in [0.1, 0.15) is 11.4 Å². The van der Waals surface area contributed by atoms with Crippen molar-refractivity contribution in [2.75, 3.05) is 49.2 Å². The summed E-state index contributed by atoms with van der Waals surface area (Å²) in [6, 6.07) is 0. The number of morpholine rings is 1. The molecule has 0 N–H and O–H groups in total. The lowest BCUT2D eigenvalue weighted by atomic mass is 10.0. The Hall–Kier alpha value is -2.16. The highest BCUT2D eigenvalue weighted by atomic mass is 19.3. The van der Waals surface area contributed by atoms with E-state index in [1.54, 1.807) is 0 Å². The number of aryl methyl sites for hydroxylation is 2. The molecule has 4 heterocycles. The maximum absolute atomic E-state index is 12.9. The lowest BCUT2D eigenvalue weighted by Gasteiger charge is -2.40. The first-order valence-electron chi connectivity index (χ1n) is 8.41. The fourth-order valence-corrected chi connectivity index (χ4v) is 3.06. The molecule has 4 rings (SSSR count). The van der Waals surface area contributed by atoms with Gasteiger partial charge in [0.1, 0.15) is 0 Å². The molecule has 7 nitrogen and oxygen atoms in total. The Morgan fingerprint density at radius 3 is 2.32 bits per heavy atom. The van der Waals surface area contributed by atoms with Crippen LogP contribution in [0, 0.1) is 19.8 Å². The van der Waals surface area contributed by atoms with Crippen molar-refractivity contribution in [2.24, 2.45) is 5.92 Å². The third kappa shape index (κ3) is 2.97. The van der Waals surface area contributed by atoms with E-state index in [0.29, 0.717) is 49.2 Å². The van der Waals surface area contributed by atoms with Gasteiger partial charge in [0, 0.05) is 26.2 Å². The van der Waals surface area contributed by atoms with Crippen LogP contribution in [0.5, 0.6) is 0 Å². The zero-order valence-electron chi connectivity index (χ0n) is 14.2. The molecule has 0 radical (unpaired) electrons. The second-order valence-corrected chi connectivity index (χ2v) is 6.51. The van der Waals surface area contributed by atoms with E-state index < -0.39 is 12.3 Å². The van der Waals surface area contributed by atoms with Crippen molar-refractivity contribution in [2.45, 2.75) is 20.3 Å². The number of ether oxygens (including phenoxy) is 1. The topological polar surface area (TPSA) is 67.3 Å². The summed E-state index contributed by atoms with van der Waals surface area (Å²) in [5.41, 5.74) is 2.68. The molecule has 134 valence electrons. The maximum atomic E-state index is 12.9. The number of hydrogen-bond donors (Lipinski definition) is 0. The molecule has 9 heteroatoms. The number of alkyl halides is 2. The Bertz CT molecular complexity index is 790. The summed E-state index contributed by atoms with van der Waals surface area (Å²) in [5, 5.41) is 0. The average Bonchev–Trinajstić information content (AvgIpc) is 2.55. The summed E-state index contributed by atoms with van der Waals surface area (Å²) in [5.74, 6) is 0.541. The SMILES string of the molecule is Cc1nc2nc(N3CCOCC3)nc(N3CC(C(F)F)C3)c2nc1C. The number of halogens is 2. The van der Waals surface area contributed by atoms with Crippen LogP contribution in [0.3, 0.4) is 0 Å². The molecule has 0 aromatic carbocycles. The number of nitrogens with zero attached hydrogens (tertiary/aromatic N) is 6. The van der Waals surface area contributed by atoms with E-state index in [-0.39, 0.29) is 13.1 Å². The second kappa shape index (κ2) is 6.29. The molecule has 0 aliphatic carbocycles. The minimum Gasteiger partial charge on any atom is -0.378 e. The first kappa shape index (κ1) is 16.3. The van der Waals surface area contributed by atoms with E-state index >= 15 is 0 Å². The van der Waals surface area contributed by atoms with Crippen molar-refractivity contribution >= 4 is 22.9 Å². The van der Waals surface area contributed by atoms with Gasteiger partial charge in [-0.1, -0.05) is 0 Å². The van der Waals surface area contributed by atoms with Crippen LogP contribution >= 0.6 is 0 Å². The van der Waals surface area contributed by atoms with Gasteiger partial charge in [0.05, 0.1) is 30.5 Å². The quantitative estimate of drug-likeness (QED) is 0.832. The second-order valence-electron chi connectivity index (χ2n) is 6.51. The molecule has 2 aromatic heterocycles. The van der Waals surface area contributed by atoms with E-state index in [4.69, 9.17) is 4.74 Å². The van der Waals surface area contributed by atoms with Gasteiger partial charge in [0.25, 0.3) is 0 Å². The Morgan fingerprint density at radius 2 is 1.64 bits per heavy atom. The first-order valence-corrected chi connectivity index (χ1v) is 8.41. The average molecular weight is 350 g/mol. The van der Waals surface area contributed by atoms with Crippen LogP contribution in [0.2, 0.25) is 0 Å². The van der Waals surface area contributed by atoms with Crippen molar-refractivity contribution in [3.8, 4) is 0 Å². The number of fused-ring (bicyclic) bond motifs is 1. The molecule has 2 aliphatic heterocycles. The molecule has 0 saturated carbocycles. The van der Waals surface area contributed by atoms with Crippen LogP contribution in [0.4, 0.5) is 20.5 Å². The summed E-state index contributed by atoms with van der Waals surface area (Å²) in [6.45, 7) is 6.95. The van der Waals surface area contributed by atoms with Crippen LogP contribution in [0.15, 0.2) is 0 Å². The van der Waals surface area contributed by atoms with Crippen LogP contribution in [-0.4, -0.2) is 65.8 Å². The van der Waals surface area contributed by atoms with Gasteiger partial charge in [-0.15, -0.1) is 0 Å². The lowest BCUT2D eigenvalue weighted by Crippen LogP contribution is -2.50. The molecule has 0 unspecified atom stereocenters. The van der Waals surface area contributed by atoms with Crippen molar-refractivity contribution in [1.29, 1.82) is 0 Å². The van der Waals surface area contributed by atoms with E-state index in [1.165, 1.54) is 0 Å². The van der Waals surface area contributed by atoms with Crippen molar-refractivity contribution < 1.29 is 13.5 Å². The summed E-state index contributed by atoms with van der Waals surface area (Å²) in [7, 11) is 0. The third-order valence-corrected chi connectivity index (χ3v) is 4.77. The molecule has 0 amide bonds. The number of hydrogen-bond acceptors (Lipinski definition) is 7. The van der Waals surface area contributed by atoms with Gasteiger partial charge in [0.2, 0.25) is 12.4 Å². The van der Waals surface area contributed by atoms with E-state index in [2.05, 4.69) is 19.9 Å². The fourth-order valence-electron chi connectivity index (χ4n) is 3.06. The van der Waals surface area contributed by atoms with Gasteiger partial charge < -0.3 is 14.5 Å². The van der Waals surface area contributed by atoms with Gasteiger partial charge in [-0.2, -0.15) is 9.97 Å². The Labute approximate surface area is 144 Å². The molecule has 0 spiro atoms. The van der Waals surface area contributed by atoms with E-state index in [9.17, 15) is 8.78 Å². The summed E-state index contributed by atoms with van der Waals surface area (Å²) < 4.78 is 31.1. The number of aromatic nitrogens is 4. The summed E-state index contributed by atoms with van der Waals surface area (Å²) >= 11 is 0. The van der Waals surface area contributed by atoms with Crippen molar-refractivity contribution in [3.63, 3.8) is 0 Å². The minimum absolute atomic E-state index is 0.279. The van der Waals surface area contributed by atoms with Gasteiger partial charge in [0.15, 0.2) is 17.0 Å². The predicted octanol–water partition coefficient (Wildman–Crippen LogP) is 1.57. The fraction of sp³-hybridized carbons (Fsp3) is 0.625. The minimum atomic E-state index is -2.31. The van der Waals surface area contributed by atoms with E-state index in [1.807, 2.05) is 23.6 Å². The lowest BCUT2D eigenvalue weighted by molar-refractivity contribution is 0.0612. The van der Waals surface area contributed by atoms with Crippen LogP contribution in [0.25, 0.3) is 11.2 Å². The standard InChI is InChI=1S/C16H20F2N6O/c1-9-10(2)20-14-12(19-9)15(24-7-11(8-24)13(17)18)22-16(21-14)23-3-5-25-6-4-23/h11,13H,3-8H2,1-2H3.